The first-order chi connectivity index (χ1) is 4.20. The second-order valence-electron chi connectivity index (χ2n) is 1.70. The Kier molecular flexibility index (Phi) is 2.00. The van der Waals surface area contributed by atoms with E-state index < -0.39 is 0 Å². The lowest BCUT2D eigenvalue weighted by molar-refractivity contribution is 0.479. The number of phenolic OH excluding ortho intramolecular Hbond substituents is 1. The van der Waals surface area contributed by atoms with Gasteiger partial charge in [-0.25, -0.2) is 0 Å². The van der Waals surface area contributed by atoms with Gasteiger partial charge in [0.25, 0.3) is 0 Å². The summed E-state index contributed by atoms with van der Waals surface area (Å²) >= 11 is 2.11. The van der Waals surface area contributed by atoms with Gasteiger partial charge in [0, 0.05) is 3.57 Å². The molecular formula is C6H4BIO. The fraction of sp³-hybridized carbons (Fsp3) is 0. The molecule has 0 atom stereocenters. The Balaban J connectivity index is 3.17. The molecule has 0 spiro atoms. The van der Waals surface area contributed by atoms with Gasteiger partial charge in [-0.2, -0.15) is 0 Å². The summed E-state index contributed by atoms with van der Waals surface area (Å²) in [6.07, 6.45) is 0. The minimum absolute atomic E-state index is 0.155. The lowest BCUT2D eigenvalue weighted by Gasteiger charge is -1.96. The SMILES string of the molecule is [B]c1ccc(I)cc1O. The van der Waals surface area contributed by atoms with Crippen LogP contribution < -0.4 is 5.46 Å². The molecule has 1 rings (SSSR count). The third-order valence-electron chi connectivity index (χ3n) is 0.992. The van der Waals surface area contributed by atoms with Crippen molar-refractivity contribution < 1.29 is 5.11 Å². The predicted octanol–water partition coefficient (Wildman–Crippen LogP) is 0.791. The van der Waals surface area contributed by atoms with Crippen LogP contribution in [0.3, 0.4) is 0 Å². The second kappa shape index (κ2) is 2.60. The number of phenols is 1. The Morgan fingerprint density at radius 1 is 1.44 bits per heavy atom. The van der Waals surface area contributed by atoms with Gasteiger partial charge >= 0.3 is 0 Å². The average Bonchev–Trinajstić information content (AvgIpc) is 1.80. The molecule has 0 aromatic heterocycles. The number of hydrogen-bond donors (Lipinski definition) is 1. The topological polar surface area (TPSA) is 20.2 Å². The molecule has 2 radical (unpaired) electrons. The number of halogens is 1. The van der Waals surface area contributed by atoms with Crippen molar-refractivity contribution in [3.8, 4) is 5.75 Å². The molecule has 0 saturated carbocycles. The first kappa shape index (κ1) is 6.93. The highest BCUT2D eigenvalue weighted by Gasteiger charge is 1.92. The molecule has 9 heavy (non-hydrogen) atoms. The number of hydrogen-bond acceptors (Lipinski definition) is 1. The van der Waals surface area contributed by atoms with Crippen LogP contribution in [-0.2, 0) is 0 Å². The van der Waals surface area contributed by atoms with E-state index in [0.717, 1.165) is 3.57 Å². The molecule has 0 heterocycles. The molecule has 0 aliphatic rings. The van der Waals surface area contributed by atoms with E-state index in [2.05, 4.69) is 22.6 Å². The van der Waals surface area contributed by atoms with E-state index in [1.807, 2.05) is 6.07 Å². The van der Waals surface area contributed by atoms with Gasteiger partial charge in [-0.1, -0.05) is 11.5 Å². The Labute approximate surface area is 68.6 Å². The van der Waals surface area contributed by atoms with Crippen LogP contribution in [0.1, 0.15) is 0 Å². The molecular weight excluding hydrogens is 226 g/mol. The third kappa shape index (κ3) is 1.61. The van der Waals surface area contributed by atoms with Crippen LogP contribution in [0.4, 0.5) is 0 Å². The quantitative estimate of drug-likeness (QED) is 0.515. The Morgan fingerprint density at radius 3 is 2.56 bits per heavy atom. The third-order valence-corrected chi connectivity index (χ3v) is 1.66. The summed E-state index contributed by atoms with van der Waals surface area (Å²) in [5.41, 5.74) is 0.426. The zero-order chi connectivity index (χ0) is 6.85. The summed E-state index contributed by atoms with van der Waals surface area (Å²) in [5.74, 6) is 0.155. The molecule has 1 aromatic carbocycles. The highest BCUT2D eigenvalue weighted by atomic mass is 127. The van der Waals surface area contributed by atoms with Crippen molar-refractivity contribution in [3.63, 3.8) is 0 Å². The highest BCUT2D eigenvalue weighted by Crippen LogP contribution is 2.09. The molecule has 1 N–H and O–H groups in total. The standard InChI is InChI=1S/C6H4BIO/c7-5-2-1-4(8)3-6(5)9/h1-3,9H. The van der Waals surface area contributed by atoms with Crippen molar-refractivity contribution in [2.45, 2.75) is 0 Å². The largest absolute Gasteiger partial charge is 0.509 e. The Hall–Kier alpha value is -0.185. The van der Waals surface area contributed by atoms with Crippen LogP contribution >= 0.6 is 22.6 Å². The van der Waals surface area contributed by atoms with Crippen LogP contribution in [-0.4, -0.2) is 13.0 Å². The first-order valence-corrected chi connectivity index (χ1v) is 3.52. The minimum atomic E-state index is 0.155. The molecule has 0 aliphatic heterocycles. The zero-order valence-electron chi connectivity index (χ0n) is 4.63. The van der Waals surface area contributed by atoms with E-state index in [-0.39, 0.29) is 5.75 Å². The van der Waals surface area contributed by atoms with Gasteiger partial charge in [0.15, 0.2) is 0 Å². The minimum Gasteiger partial charge on any atom is -0.509 e. The van der Waals surface area contributed by atoms with E-state index >= 15 is 0 Å². The van der Waals surface area contributed by atoms with E-state index in [1.54, 1.807) is 12.1 Å². The van der Waals surface area contributed by atoms with Crippen molar-refractivity contribution >= 4 is 35.9 Å². The van der Waals surface area contributed by atoms with Crippen LogP contribution in [0, 0.1) is 3.57 Å². The summed E-state index contributed by atoms with van der Waals surface area (Å²) in [6.45, 7) is 0. The Morgan fingerprint density at radius 2 is 2.11 bits per heavy atom. The number of aromatic hydroxyl groups is 1. The molecule has 0 aliphatic carbocycles. The summed E-state index contributed by atoms with van der Waals surface area (Å²) < 4.78 is 0.985. The summed E-state index contributed by atoms with van der Waals surface area (Å²) in [6, 6.07) is 5.14. The zero-order valence-corrected chi connectivity index (χ0v) is 6.79. The molecule has 1 aromatic rings. The van der Waals surface area contributed by atoms with E-state index in [9.17, 15) is 0 Å². The van der Waals surface area contributed by atoms with Crippen LogP contribution in [0.25, 0.3) is 0 Å². The molecule has 44 valence electrons. The van der Waals surface area contributed by atoms with Crippen LogP contribution in [0.2, 0.25) is 0 Å². The second-order valence-corrected chi connectivity index (χ2v) is 2.95. The van der Waals surface area contributed by atoms with Gasteiger partial charge in [-0.05, 0) is 34.7 Å². The molecule has 0 saturated heterocycles. The van der Waals surface area contributed by atoms with Gasteiger partial charge in [0.1, 0.15) is 13.6 Å². The molecule has 0 unspecified atom stereocenters. The summed E-state index contributed by atoms with van der Waals surface area (Å²) in [5, 5.41) is 8.97. The van der Waals surface area contributed by atoms with Crippen molar-refractivity contribution in [1.29, 1.82) is 0 Å². The van der Waals surface area contributed by atoms with Gasteiger partial charge < -0.3 is 5.11 Å². The lowest BCUT2D eigenvalue weighted by Crippen LogP contribution is -2.01. The van der Waals surface area contributed by atoms with Gasteiger partial charge in [-0.15, -0.1) is 0 Å². The fourth-order valence-corrected chi connectivity index (χ4v) is 0.992. The van der Waals surface area contributed by atoms with Crippen LogP contribution in [0.5, 0.6) is 5.75 Å². The monoisotopic (exact) mass is 230 g/mol. The van der Waals surface area contributed by atoms with E-state index in [0.29, 0.717) is 5.46 Å². The van der Waals surface area contributed by atoms with Crippen molar-refractivity contribution in [2.75, 3.05) is 0 Å². The molecule has 0 amide bonds. The lowest BCUT2D eigenvalue weighted by atomic mass is 9.96. The Bertz CT molecular complexity index is 224. The molecule has 3 heteroatoms. The van der Waals surface area contributed by atoms with Gasteiger partial charge in [-0.3, -0.25) is 0 Å². The molecule has 0 bridgehead atoms. The maximum absolute atomic E-state index is 8.97. The highest BCUT2D eigenvalue weighted by molar-refractivity contribution is 14.1. The van der Waals surface area contributed by atoms with Crippen molar-refractivity contribution in [3.05, 3.63) is 21.8 Å². The smallest absolute Gasteiger partial charge is 0.118 e. The van der Waals surface area contributed by atoms with E-state index in [1.165, 1.54) is 0 Å². The normalized spacial score (nSPS) is 9.44. The maximum atomic E-state index is 8.97. The number of benzene rings is 1. The van der Waals surface area contributed by atoms with Gasteiger partial charge in [0.05, 0.1) is 0 Å². The van der Waals surface area contributed by atoms with Gasteiger partial charge in [0.2, 0.25) is 0 Å². The summed E-state index contributed by atoms with van der Waals surface area (Å²) in [7, 11) is 5.34. The average molecular weight is 230 g/mol. The fourth-order valence-electron chi connectivity index (χ4n) is 0.517. The maximum Gasteiger partial charge on any atom is 0.118 e. The number of rotatable bonds is 0. The molecule has 1 nitrogen and oxygen atoms in total. The van der Waals surface area contributed by atoms with Crippen LogP contribution in [0.15, 0.2) is 18.2 Å². The predicted molar refractivity (Wildman–Crippen MR) is 46.2 cm³/mol. The van der Waals surface area contributed by atoms with E-state index in [4.69, 9.17) is 13.0 Å². The van der Waals surface area contributed by atoms with Crippen molar-refractivity contribution in [2.24, 2.45) is 0 Å². The van der Waals surface area contributed by atoms with Crippen molar-refractivity contribution in [1.82, 2.24) is 0 Å². The summed E-state index contributed by atoms with van der Waals surface area (Å²) in [4.78, 5) is 0. The first-order valence-electron chi connectivity index (χ1n) is 2.44. The molecule has 0 fully saturated rings.